The minimum Gasteiger partial charge on any atom is -0.493 e. The molecule has 2 aliphatic heterocycles. The maximum absolute atomic E-state index is 12.9. The summed E-state index contributed by atoms with van der Waals surface area (Å²) in [5, 5.41) is 2.72. The molecule has 2 heterocycles. The molecule has 31 heavy (non-hydrogen) atoms. The lowest BCUT2D eigenvalue weighted by atomic mass is 9.88. The first-order valence-electron chi connectivity index (χ1n) is 10.2. The Balaban J connectivity index is 1.31. The van der Waals surface area contributed by atoms with Crippen molar-refractivity contribution in [3.8, 4) is 17.2 Å². The number of ether oxygens (including phenoxy) is 3. The van der Waals surface area contributed by atoms with Gasteiger partial charge in [0.15, 0.2) is 30.5 Å². The number of piperidine rings is 1. The highest BCUT2D eigenvalue weighted by molar-refractivity contribution is 6.01. The molecule has 4 rings (SSSR count). The fraction of sp³-hybridized carbons (Fsp3) is 0.348. The number of para-hydroxylation sites is 2. The third-order valence-corrected chi connectivity index (χ3v) is 5.54. The Morgan fingerprint density at radius 1 is 1.13 bits per heavy atom. The summed E-state index contributed by atoms with van der Waals surface area (Å²) in [7, 11) is 1.55. The van der Waals surface area contributed by atoms with Crippen LogP contribution in [0.3, 0.4) is 0 Å². The number of carbonyl (C=O) groups excluding carboxylic acids is 3. The first kappa shape index (κ1) is 20.7. The second-order valence-corrected chi connectivity index (χ2v) is 7.51. The number of rotatable bonds is 6. The number of carbonyl (C=O) groups is 3. The van der Waals surface area contributed by atoms with E-state index in [0.29, 0.717) is 54.4 Å². The summed E-state index contributed by atoms with van der Waals surface area (Å²) >= 11 is 0. The van der Waals surface area contributed by atoms with Crippen LogP contribution in [-0.4, -0.2) is 55.9 Å². The molecule has 0 atom stereocenters. The number of fused-ring (bicyclic) bond motifs is 1. The van der Waals surface area contributed by atoms with Gasteiger partial charge >= 0.3 is 0 Å². The number of ketones is 1. The lowest BCUT2D eigenvalue weighted by Gasteiger charge is -2.31. The molecule has 8 nitrogen and oxygen atoms in total. The van der Waals surface area contributed by atoms with Crippen LogP contribution in [0.25, 0.3) is 0 Å². The van der Waals surface area contributed by atoms with Crippen LogP contribution < -0.4 is 19.5 Å². The second-order valence-electron chi connectivity index (χ2n) is 7.51. The molecule has 1 fully saturated rings. The molecule has 8 heteroatoms. The summed E-state index contributed by atoms with van der Waals surface area (Å²) in [4.78, 5) is 38.7. The first-order valence-corrected chi connectivity index (χ1v) is 10.2. The van der Waals surface area contributed by atoms with Crippen LogP contribution >= 0.6 is 0 Å². The summed E-state index contributed by atoms with van der Waals surface area (Å²) in [5.74, 6) is 1.15. The van der Waals surface area contributed by atoms with Crippen molar-refractivity contribution in [2.45, 2.75) is 12.8 Å². The summed E-state index contributed by atoms with van der Waals surface area (Å²) < 4.78 is 16.2. The Labute approximate surface area is 180 Å². The molecule has 162 valence electrons. The van der Waals surface area contributed by atoms with Crippen molar-refractivity contribution in [1.82, 2.24) is 4.90 Å². The van der Waals surface area contributed by atoms with Crippen molar-refractivity contribution in [3.63, 3.8) is 0 Å². The first-order chi connectivity index (χ1) is 15.0. The fourth-order valence-corrected chi connectivity index (χ4v) is 3.83. The van der Waals surface area contributed by atoms with E-state index in [-0.39, 0.29) is 36.7 Å². The van der Waals surface area contributed by atoms with Crippen LogP contribution in [0.1, 0.15) is 23.2 Å². The Morgan fingerprint density at radius 3 is 2.61 bits per heavy atom. The summed E-state index contributed by atoms with van der Waals surface area (Å²) in [6, 6.07) is 12.3. The molecule has 2 aliphatic rings. The van der Waals surface area contributed by atoms with Gasteiger partial charge in [-0.25, -0.2) is 0 Å². The molecule has 0 radical (unpaired) electrons. The Kier molecular flexibility index (Phi) is 6.06. The molecule has 0 saturated carbocycles. The lowest BCUT2D eigenvalue weighted by molar-refractivity contribution is -0.134. The lowest BCUT2D eigenvalue weighted by Crippen LogP contribution is -2.42. The molecule has 0 spiro atoms. The number of anilines is 1. The highest BCUT2D eigenvalue weighted by Gasteiger charge is 2.29. The third kappa shape index (κ3) is 4.63. The number of nitrogens with one attached hydrogen (secondary N) is 1. The average molecular weight is 424 g/mol. The minimum atomic E-state index is -0.237. The molecule has 0 aliphatic carbocycles. The van der Waals surface area contributed by atoms with Crippen LogP contribution in [0.4, 0.5) is 5.69 Å². The number of methoxy groups -OCH3 is 1. The maximum atomic E-state index is 12.9. The van der Waals surface area contributed by atoms with Gasteiger partial charge in [-0.15, -0.1) is 0 Å². The topological polar surface area (TPSA) is 94.2 Å². The Bertz CT molecular complexity index is 997. The number of nitrogens with zero attached hydrogens (tertiary/aromatic N) is 1. The van der Waals surface area contributed by atoms with Crippen LogP contribution in [0.5, 0.6) is 17.2 Å². The van der Waals surface area contributed by atoms with Crippen molar-refractivity contribution in [3.05, 3.63) is 48.0 Å². The zero-order chi connectivity index (χ0) is 21.8. The van der Waals surface area contributed by atoms with Gasteiger partial charge < -0.3 is 24.4 Å². The van der Waals surface area contributed by atoms with Crippen LogP contribution in [0.2, 0.25) is 0 Å². The van der Waals surface area contributed by atoms with Crippen LogP contribution in [-0.2, 0) is 9.59 Å². The van der Waals surface area contributed by atoms with E-state index in [4.69, 9.17) is 14.2 Å². The van der Waals surface area contributed by atoms with Gasteiger partial charge in [0.05, 0.1) is 12.8 Å². The number of benzene rings is 2. The number of Topliss-reactive ketones (excluding diaryl/α,β-unsaturated/α-hetero) is 1. The summed E-state index contributed by atoms with van der Waals surface area (Å²) in [5.41, 5.74) is 1.05. The molecule has 1 saturated heterocycles. The number of hydrogen-bond donors (Lipinski definition) is 1. The molecule has 0 bridgehead atoms. The van der Waals surface area contributed by atoms with Crippen LogP contribution in [0, 0.1) is 5.92 Å². The SMILES string of the molecule is COc1ccccc1OCC(=O)N1CCC(C(=O)c2ccc3c(c2)NC(=O)CO3)CC1. The van der Waals surface area contributed by atoms with Gasteiger partial charge in [0.25, 0.3) is 11.8 Å². The normalized spacial score (nSPS) is 16.0. The zero-order valence-corrected chi connectivity index (χ0v) is 17.3. The predicted molar refractivity (Wildman–Crippen MR) is 113 cm³/mol. The van der Waals surface area contributed by atoms with E-state index < -0.39 is 0 Å². The van der Waals surface area contributed by atoms with Crippen LogP contribution in [0.15, 0.2) is 42.5 Å². The third-order valence-electron chi connectivity index (χ3n) is 5.54. The van der Waals surface area contributed by atoms with Gasteiger partial charge in [0.1, 0.15) is 5.75 Å². The van der Waals surface area contributed by atoms with Gasteiger partial charge in [-0.1, -0.05) is 12.1 Å². The smallest absolute Gasteiger partial charge is 0.262 e. The minimum absolute atomic E-state index is 0.0139. The van der Waals surface area contributed by atoms with E-state index in [9.17, 15) is 14.4 Å². The van der Waals surface area contributed by atoms with Gasteiger partial charge in [-0.3, -0.25) is 14.4 Å². The van der Waals surface area contributed by atoms with E-state index in [0.717, 1.165) is 0 Å². The van der Waals surface area contributed by atoms with E-state index in [1.165, 1.54) is 0 Å². The van der Waals surface area contributed by atoms with Crippen molar-refractivity contribution in [1.29, 1.82) is 0 Å². The monoisotopic (exact) mass is 424 g/mol. The predicted octanol–water partition coefficient (Wildman–Crippen LogP) is 2.53. The molecule has 2 aromatic carbocycles. The van der Waals surface area contributed by atoms with Gasteiger partial charge in [0.2, 0.25) is 0 Å². The van der Waals surface area contributed by atoms with Gasteiger partial charge in [0, 0.05) is 24.6 Å². The molecule has 0 aromatic heterocycles. The average Bonchev–Trinajstić information content (AvgIpc) is 2.81. The van der Waals surface area contributed by atoms with E-state index >= 15 is 0 Å². The van der Waals surface area contributed by atoms with Crippen molar-refractivity contribution in [2.24, 2.45) is 5.92 Å². The van der Waals surface area contributed by atoms with Crippen molar-refractivity contribution >= 4 is 23.3 Å². The number of likely N-dealkylation sites (tertiary alicyclic amines) is 1. The number of hydrogen-bond acceptors (Lipinski definition) is 6. The van der Waals surface area contributed by atoms with E-state index in [2.05, 4.69) is 5.32 Å². The molecule has 2 amide bonds. The van der Waals surface area contributed by atoms with Crippen molar-refractivity contribution in [2.75, 3.05) is 38.7 Å². The summed E-state index contributed by atoms with van der Waals surface area (Å²) in [6.07, 6.45) is 1.17. The fourth-order valence-electron chi connectivity index (χ4n) is 3.83. The van der Waals surface area contributed by atoms with Crippen molar-refractivity contribution < 1.29 is 28.6 Å². The Hall–Kier alpha value is -3.55. The molecule has 0 unspecified atom stereocenters. The number of amides is 2. The molecular formula is C23H24N2O6. The Morgan fingerprint density at radius 2 is 1.87 bits per heavy atom. The molecule has 1 N–H and O–H groups in total. The quantitative estimate of drug-likeness (QED) is 0.717. The second kappa shape index (κ2) is 9.07. The van der Waals surface area contributed by atoms with E-state index in [1.54, 1.807) is 42.3 Å². The molecular weight excluding hydrogens is 400 g/mol. The standard InChI is InChI=1S/C23H24N2O6/c1-29-19-4-2-3-5-20(19)31-14-22(27)25-10-8-15(9-11-25)23(28)16-6-7-18-17(12-16)24-21(26)13-30-18/h2-7,12,15H,8-11,13-14H2,1H3,(H,24,26). The molecule has 2 aromatic rings. The van der Waals surface area contributed by atoms with Gasteiger partial charge in [-0.05, 0) is 43.2 Å². The highest BCUT2D eigenvalue weighted by atomic mass is 16.5. The van der Waals surface area contributed by atoms with E-state index in [1.807, 2.05) is 12.1 Å². The highest BCUT2D eigenvalue weighted by Crippen LogP contribution is 2.31. The largest absolute Gasteiger partial charge is 0.493 e. The van der Waals surface area contributed by atoms with Gasteiger partial charge in [-0.2, -0.15) is 0 Å². The summed E-state index contributed by atoms with van der Waals surface area (Å²) in [6.45, 7) is 0.891. The zero-order valence-electron chi connectivity index (χ0n) is 17.3. The maximum Gasteiger partial charge on any atom is 0.262 e.